The molecule has 1 aromatic carbocycles. The number of rotatable bonds is 6. The standard InChI is InChI=1S/C13H15F2N3.ClH/c14-6-8-18-7-5-13(17-18)10-16-9-11-1-3-12(15)4-2-11;/h1-5,7,16H,6,8-10H2;1H. The minimum absolute atomic E-state index is 0. The van der Waals surface area contributed by atoms with Crippen LogP contribution in [0.1, 0.15) is 11.3 Å². The molecule has 1 N–H and O–H groups in total. The first-order valence-electron chi connectivity index (χ1n) is 5.81. The van der Waals surface area contributed by atoms with Gasteiger partial charge in [0.05, 0.1) is 12.2 Å². The molecule has 0 amide bonds. The predicted octanol–water partition coefficient (Wildman–Crippen LogP) is 2.70. The minimum atomic E-state index is -0.413. The summed E-state index contributed by atoms with van der Waals surface area (Å²) in [5, 5.41) is 7.40. The summed E-state index contributed by atoms with van der Waals surface area (Å²) in [6, 6.07) is 8.21. The maximum absolute atomic E-state index is 12.7. The van der Waals surface area contributed by atoms with Gasteiger partial charge in [-0.05, 0) is 23.8 Å². The maximum Gasteiger partial charge on any atom is 0.123 e. The number of aromatic nitrogens is 2. The Morgan fingerprint density at radius 2 is 1.84 bits per heavy atom. The Hall–Kier alpha value is -1.46. The molecule has 1 heterocycles. The Morgan fingerprint density at radius 1 is 1.11 bits per heavy atom. The van der Waals surface area contributed by atoms with Crippen molar-refractivity contribution in [3.8, 4) is 0 Å². The van der Waals surface area contributed by atoms with Crippen molar-refractivity contribution in [2.24, 2.45) is 0 Å². The molecular formula is C13H16ClF2N3. The minimum Gasteiger partial charge on any atom is -0.307 e. The molecule has 104 valence electrons. The van der Waals surface area contributed by atoms with Gasteiger partial charge in [0.1, 0.15) is 12.5 Å². The molecule has 0 spiro atoms. The van der Waals surface area contributed by atoms with Gasteiger partial charge in [-0.3, -0.25) is 4.68 Å². The first-order valence-corrected chi connectivity index (χ1v) is 5.81. The predicted molar refractivity (Wildman–Crippen MR) is 72.4 cm³/mol. The van der Waals surface area contributed by atoms with E-state index in [-0.39, 0.29) is 24.8 Å². The second-order valence-corrected chi connectivity index (χ2v) is 3.99. The molecular weight excluding hydrogens is 272 g/mol. The quantitative estimate of drug-likeness (QED) is 0.885. The van der Waals surface area contributed by atoms with Crippen molar-refractivity contribution >= 4 is 12.4 Å². The molecule has 0 atom stereocenters. The van der Waals surface area contributed by atoms with E-state index < -0.39 is 6.67 Å². The summed E-state index contributed by atoms with van der Waals surface area (Å²) in [6.07, 6.45) is 1.76. The zero-order valence-corrected chi connectivity index (χ0v) is 11.2. The van der Waals surface area contributed by atoms with Crippen LogP contribution in [-0.2, 0) is 19.6 Å². The van der Waals surface area contributed by atoms with Crippen molar-refractivity contribution in [3.63, 3.8) is 0 Å². The Kier molecular flexibility index (Phi) is 6.45. The maximum atomic E-state index is 12.7. The molecule has 0 aliphatic carbocycles. The van der Waals surface area contributed by atoms with Gasteiger partial charge in [0.25, 0.3) is 0 Å². The topological polar surface area (TPSA) is 29.9 Å². The van der Waals surface area contributed by atoms with Gasteiger partial charge >= 0.3 is 0 Å². The van der Waals surface area contributed by atoms with Crippen LogP contribution >= 0.6 is 12.4 Å². The van der Waals surface area contributed by atoms with Gasteiger partial charge in [-0.1, -0.05) is 12.1 Å². The van der Waals surface area contributed by atoms with Gasteiger partial charge in [-0.25, -0.2) is 8.78 Å². The lowest BCUT2D eigenvalue weighted by molar-refractivity contribution is 0.425. The van der Waals surface area contributed by atoms with Crippen molar-refractivity contribution in [1.29, 1.82) is 0 Å². The van der Waals surface area contributed by atoms with Crippen molar-refractivity contribution in [2.75, 3.05) is 6.67 Å². The van der Waals surface area contributed by atoms with E-state index in [1.54, 1.807) is 23.0 Å². The van der Waals surface area contributed by atoms with Gasteiger partial charge in [-0.15, -0.1) is 12.4 Å². The average Bonchev–Trinajstić information content (AvgIpc) is 2.80. The molecule has 0 aliphatic heterocycles. The lowest BCUT2D eigenvalue weighted by atomic mass is 10.2. The molecule has 6 heteroatoms. The molecule has 0 fully saturated rings. The SMILES string of the molecule is Cl.FCCn1ccc(CNCc2ccc(F)cc2)n1. The van der Waals surface area contributed by atoms with Crippen molar-refractivity contribution < 1.29 is 8.78 Å². The number of nitrogens with zero attached hydrogens (tertiary/aromatic N) is 2. The number of benzene rings is 1. The van der Waals surface area contributed by atoms with E-state index in [1.807, 2.05) is 6.07 Å². The third kappa shape index (κ3) is 4.96. The normalized spacial score (nSPS) is 10.2. The first-order chi connectivity index (χ1) is 8.78. The summed E-state index contributed by atoms with van der Waals surface area (Å²) >= 11 is 0. The Labute approximate surface area is 117 Å². The van der Waals surface area contributed by atoms with Crippen LogP contribution in [0.3, 0.4) is 0 Å². The fourth-order valence-corrected chi connectivity index (χ4v) is 1.65. The van der Waals surface area contributed by atoms with Crippen molar-refractivity contribution in [1.82, 2.24) is 15.1 Å². The van der Waals surface area contributed by atoms with Crippen LogP contribution in [0.25, 0.3) is 0 Å². The van der Waals surface area contributed by atoms with Crippen LogP contribution in [0.2, 0.25) is 0 Å². The van der Waals surface area contributed by atoms with Crippen LogP contribution in [0, 0.1) is 5.82 Å². The third-order valence-corrected chi connectivity index (χ3v) is 2.56. The van der Waals surface area contributed by atoms with Crippen LogP contribution in [-0.4, -0.2) is 16.5 Å². The summed E-state index contributed by atoms with van der Waals surface area (Å²) < 4.78 is 26.4. The molecule has 2 rings (SSSR count). The summed E-state index contributed by atoms with van der Waals surface area (Å²) in [5.41, 5.74) is 1.88. The number of nitrogens with one attached hydrogen (secondary N) is 1. The highest BCUT2D eigenvalue weighted by Crippen LogP contribution is 2.03. The molecule has 0 saturated carbocycles. The van der Waals surface area contributed by atoms with E-state index in [2.05, 4.69) is 10.4 Å². The zero-order chi connectivity index (χ0) is 12.8. The molecule has 2 aromatic rings. The zero-order valence-electron chi connectivity index (χ0n) is 10.4. The van der Waals surface area contributed by atoms with Crippen LogP contribution in [0.15, 0.2) is 36.5 Å². The smallest absolute Gasteiger partial charge is 0.123 e. The molecule has 1 aromatic heterocycles. The van der Waals surface area contributed by atoms with Crippen LogP contribution < -0.4 is 5.32 Å². The van der Waals surface area contributed by atoms with E-state index in [0.717, 1.165) is 11.3 Å². The summed E-state index contributed by atoms with van der Waals surface area (Å²) in [7, 11) is 0. The van der Waals surface area contributed by atoms with E-state index >= 15 is 0 Å². The van der Waals surface area contributed by atoms with Gasteiger partial charge in [0.15, 0.2) is 0 Å². The summed E-state index contributed by atoms with van der Waals surface area (Å²) in [4.78, 5) is 0. The van der Waals surface area contributed by atoms with Gasteiger partial charge in [0, 0.05) is 19.3 Å². The fourth-order valence-electron chi connectivity index (χ4n) is 1.65. The van der Waals surface area contributed by atoms with Crippen LogP contribution in [0.4, 0.5) is 8.78 Å². The second kappa shape index (κ2) is 7.86. The monoisotopic (exact) mass is 287 g/mol. The Balaban J connectivity index is 0.00000180. The highest BCUT2D eigenvalue weighted by Gasteiger charge is 1.99. The van der Waals surface area contributed by atoms with Gasteiger partial charge in [0.2, 0.25) is 0 Å². The van der Waals surface area contributed by atoms with Crippen molar-refractivity contribution in [3.05, 3.63) is 53.6 Å². The van der Waals surface area contributed by atoms with E-state index in [9.17, 15) is 8.78 Å². The fraction of sp³-hybridized carbons (Fsp3) is 0.308. The second-order valence-electron chi connectivity index (χ2n) is 3.99. The third-order valence-electron chi connectivity index (χ3n) is 2.56. The van der Waals surface area contributed by atoms with E-state index in [4.69, 9.17) is 0 Å². The number of hydrogen-bond donors (Lipinski definition) is 1. The Bertz CT molecular complexity index is 485. The number of halogens is 3. The molecule has 0 radical (unpaired) electrons. The highest BCUT2D eigenvalue weighted by atomic mass is 35.5. The summed E-state index contributed by atoms with van der Waals surface area (Å²) in [5.74, 6) is -0.233. The van der Waals surface area contributed by atoms with Crippen LogP contribution in [0.5, 0.6) is 0 Å². The molecule has 19 heavy (non-hydrogen) atoms. The van der Waals surface area contributed by atoms with Crippen molar-refractivity contribution in [2.45, 2.75) is 19.6 Å². The lowest BCUT2D eigenvalue weighted by Gasteiger charge is -2.03. The van der Waals surface area contributed by atoms with E-state index in [0.29, 0.717) is 13.1 Å². The molecule has 0 bridgehead atoms. The largest absolute Gasteiger partial charge is 0.307 e. The molecule has 0 unspecified atom stereocenters. The first kappa shape index (κ1) is 15.6. The Morgan fingerprint density at radius 3 is 2.53 bits per heavy atom. The molecule has 0 aliphatic rings. The lowest BCUT2D eigenvalue weighted by Crippen LogP contribution is -2.13. The van der Waals surface area contributed by atoms with E-state index in [1.165, 1.54) is 12.1 Å². The average molecular weight is 288 g/mol. The summed E-state index contributed by atoms with van der Waals surface area (Å²) in [6.45, 7) is 1.13. The molecule has 0 saturated heterocycles. The highest BCUT2D eigenvalue weighted by molar-refractivity contribution is 5.85. The number of alkyl halides is 1. The van der Waals surface area contributed by atoms with Gasteiger partial charge in [-0.2, -0.15) is 5.10 Å². The number of hydrogen-bond acceptors (Lipinski definition) is 2. The number of aryl methyl sites for hydroxylation is 1. The molecule has 3 nitrogen and oxygen atoms in total. The van der Waals surface area contributed by atoms with Gasteiger partial charge < -0.3 is 5.32 Å².